The Bertz CT molecular complexity index is 382. The van der Waals surface area contributed by atoms with E-state index >= 15 is 0 Å². The lowest BCUT2D eigenvalue weighted by Crippen LogP contribution is -2.33. The Morgan fingerprint density at radius 2 is 2.11 bits per heavy atom. The van der Waals surface area contributed by atoms with Gasteiger partial charge >= 0.3 is 0 Å². The summed E-state index contributed by atoms with van der Waals surface area (Å²) in [6.07, 6.45) is 0.714. The molecule has 102 valence electrons. The van der Waals surface area contributed by atoms with Crippen LogP contribution in [0.2, 0.25) is 0 Å². The van der Waals surface area contributed by atoms with E-state index in [0.717, 1.165) is 23.1 Å². The van der Waals surface area contributed by atoms with Crippen molar-refractivity contribution in [3.05, 3.63) is 34.1 Å². The van der Waals surface area contributed by atoms with Gasteiger partial charge in [0.05, 0.1) is 6.61 Å². The first kappa shape index (κ1) is 15.6. The fraction of sp³-hybridized carbons (Fsp3) is 0.571. The zero-order valence-corrected chi connectivity index (χ0v) is 12.8. The summed E-state index contributed by atoms with van der Waals surface area (Å²) in [5, 5.41) is 3.32. The third kappa shape index (κ3) is 5.46. The molecule has 1 N–H and O–H groups in total. The van der Waals surface area contributed by atoms with Crippen molar-refractivity contribution in [3.63, 3.8) is 0 Å². The van der Waals surface area contributed by atoms with Crippen molar-refractivity contribution in [3.8, 4) is 0 Å². The molecule has 0 bridgehead atoms. The highest BCUT2D eigenvalue weighted by Crippen LogP contribution is 2.24. The van der Waals surface area contributed by atoms with E-state index in [2.05, 4.69) is 35.1 Å². The van der Waals surface area contributed by atoms with Crippen LogP contribution in [-0.4, -0.2) is 26.8 Å². The molecule has 0 atom stereocenters. The topological polar surface area (TPSA) is 21.3 Å². The Labute approximate surface area is 117 Å². The SMILES string of the molecule is COCCNCC(C)(C)Cc1ccc(Br)cc1F. The number of hydrogen-bond donors (Lipinski definition) is 1. The number of nitrogens with one attached hydrogen (secondary N) is 1. The molecular formula is C14H21BrFNO. The normalized spacial score (nSPS) is 11.8. The quantitative estimate of drug-likeness (QED) is 0.778. The summed E-state index contributed by atoms with van der Waals surface area (Å²) in [6, 6.07) is 5.24. The fourth-order valence-corrected chi connectivity index (χ4v) is 2.18. The van der Waals surface area contributed by atoms with E-state index in [9.17, 15) is 4.39 Å². The molecule has 0 aromatic heterocycles. The zero-order chi connectivity index (χ0) is 13.6. The van der Waals surface area contributed by atoms with E-state index in [1.165, 1.54) is 6.07 Å². The molecule has 1 aromatic rings. The van der Waals surface area contributed by atoms with Gasteiger partial charge in [-0.1, -0.05) is 35.8 Å². The predicted molar refractivity (Wildman–Crippen MR) is 76.3 cm³/mol. The minimum Gasteiger partial charge on any atom is -0.383 e. The highest BCUT2D eigenvalue weighted by Gasteiger charge is 2.19. The first-order chi connectivity index (χ1) is 8.44. The number of halogens is 2. The molecule has 4 heteroatoms. The minimum absolute atomic E-state index is 0.0163. The average Bonchev–Trinajstić information content (AvgIpc) is 2.28. The molecule has 1 rings (SSSR count). The van der Waals surface area contributed by atoms with Gasteiger partial charge in [-0.2, -0.15) is 0 Å². The molecule has 0 fully saturated rings. The van der Waals surface area contributed by atoms with Crippen molar-refractivity contribution in [1.29, 1.82) is 0 Å². The zero-order valence-electron chi connectivity index (χ0n) is 11.2. The van der Waals surface area contributed by atoms with E-state index in [4.69, 9.17) is 4.74 Å². The summed E-state index contributed by atoms with van der Waals surface area (Å²) in [5.74, 6) is -0.144. The van der Waals surface area contributed by atoms with Crippen molar-refractivity contribution in [2.45, 2.75) is 20.3 Å². The molecule has 0 unspecified atom stereocenters. The Balaban J connectivity index is 2.53. The minimum atomic E-state index is -0.144. The van der Waals surface area contributed by atoms with Gasteiger partial charge < -0.3 is 10.1 Å². The lowest BCUT2D eigenvalue weighted by molar-refractivity contribution is 0.194. The van der Waals surface area contributed by atoms with Crippen LogP contribution in [0.1, 0.15) is 19.4 Å². The van der Waals surface area contributed by atoms with Crippen LogP contribution in [0, 0.1) is 11.2 Å². The van der Waals surface area contributed by atoms with Crippen molar-refractivity contribution >= 4 is 15.9 Å². The predicted octanol–water partition coefficient (Wildman–Crippen LogP) is 3.39. The molecule has 0 spiro atoms. The van der Waals surface area contributed by atoms with Gasteiger partial charge in [-0.3, -0.25) is 0 Å². The fourth-order valence-electron chi connectivity index (χ4n) is 1.84. The van der Waals surface area contributed by atoms with Crippen LogP contribution in [0.5, 0.6) is 0 Å². The van der Waals surface area contributed by atoms with Crippen LogP contribution in [0.3, 0.4) is 0 Å². The maximum Gasteiger partial charge on any atom is 0.127 e. The molecule has 0 heterocycles. The van der Waals surface area contributed by atoms with Gasteiger partial charge in [-0.05, 0) is 29.5 Å². The molecule has 0 aliphatic rings. The largest absolute Gasteiger partial charge is 0.383 e. The Kier molecular flexibility index (Phi) is 6.26. The lowest BCUT2D eigenvalue weighted by atomic mass is 9.85. The van der Waals surface area contributed by atoms with Gasteiger partial charge in [0.25, 0.3) is 0 Å². The third-order valence-electron chi connectivity index (χ3n) is 2.77. The Hall–Kier alpha value is -0.450. The van der Waals surface area contributed by atoms with E-state index < -0.39 is 0 Å². The highest BCUT2D eigenvalue weighted by atomic mass is 79.9. The number of benzene rings is 1. The second kappa shape index (κ2) is 7.22. The first-order valence-corrected chi connectivity index (χ1v) is 6.87. The second-order valence-electron chi connectivity index (χ2n) is 5.25. The number of ether oxygens (including phenoxy) is 1. The van der Waals surface area contributed by atoms with Gasteiger partial charge in [0.15, 0.2) is 0 Å². The smallest absolute Gasteiger partial charge is 0.127 e. The lowest BCUT2D eigenvalue weighted by Gasteiger charge is -2.25. The summed E-state index contributed by atoms with van der Waals surface area (Å²) in [4.78, 5) is 0. The van der Waals surface area contributed by atoms with Crippen molar-refractivity contribution in [2.24, 2.45) is 5.41 Å². The van der Waals surface area contributed by atoms with E-state index in [0.29, 0.717) is 13.0 Å². The molecule has 18 heavy (non-hydrogen) atoms. The van der Waals surface area contributed by atoms with Crippen LogP contribution >= 0.6 is 15.9 Å². The van der Waals surface area contributed by atoms with E-state index in [1.54, 1.807) is 7.11 Å². The van der Waals surface area contributed by atoms with Crippen LogP contribution in [0.4, 0.5) is 4.39 Å². The average molecular weight is 318 g/mol. The second-order valence-corrected chi connectivity index (χ2v) is 6.16. The van der Waals surface area contributed by atoms with E-state index in [1.807, 2.05) is 12.1 Å². The van der Waals surface area contributed by atoms with Gasteiger partial charge in [0, 0.05) is 24.7 Å². The summed E-state index contributed by atoms with van der Waals surface area (Å²) in [7, 11) is 1.68. The van der Waals surface area contributed by atoms with Crippen molar-refractivity contribution < 1.29 is 9.13 Å². The summed E-state index contributed by atoms with van der Waals surface area (Å²) >= 11 is 3.27. The number of rotatable bonds is 7. The molecule has 0 amide bonds. The molecule has 2 nitrogen and oxygen atoms in total. The third-order valence-corrected chi connectivity index (χ3v) is 3.26. The molecule has 0 aliphatic carbocycles. The van der Waals surface area contributed by atoms with Gasteiger partial charge in [0.1, 0.15) is 5.82 Å². The van der Waals surface area contributed by atoms with Crippen LogP contribution in [0.15, 0.2) is 22.7 Å². The van der Waals surface area contributed by atoms with Crippen LogP contribution < -0.4 is 5.32 Å². The van der Waals surface area contributed by atoms with Gasteiger partial charge in [-0.15, -0.1) is 0 Å². The molecule has 0 saturated carbocycles. The molecular weight excluding hydrogens is 297 g/mol. The Morgan fingerprint density at radius 1 is 1.39 bits per heavy atom. The van der Waals surface area contributed by atoms with Crippen LogP contribution in [-0.2, 0) is 11.2 Å². The van der Waals surface area contributed by atoms with Crippen LogP contribution in [0.25, 0.3) is 0 Å². The molecule has 0 aliphatic heterocycles. The van der Waals surface area contributed by atoms with Gasteiger partial charge in [0.2, 0.25) is 0 Å². The van der Waals surface area contributed by atoms with E-state index in [-0.39, 0.29) is 11.2 Å². The molecule has 0 saturated heterocycles. The number of methoxy groups -OCH3 is 1. The van der Waals surface area contributed by atoms with Crippen molar-refractivity contribution in [2.75, 3.05) is 26.8 Å². The Morgan fingerprint density at radius 3 is 2.72 bits per heavy atom. The summed E-state index contributed by atoms with van der Waals surface area (Å²) in [6.45, 7) is 6.62. The first-order valence-electron chi connectivity index (χ1n) is 6.08. The standard InChI is InChI=1S/C14H21BrFNO/c1-14(2,10-17-6-7-18-3)9-11-4-5-12(15)8-13(11)16/h4-5,8,17H,6-7,9-10H2,1-3H3. The number of hydrogen-bond acceptors (Lipinski definition) is 2. The molecule has 0 radical (unpaired) electrons. The maximum absolute atomic E-state index is 13.8. The molecule has 1 aromatic carbocycles. The summed E-state index contributed by atoms with van der Waals surface area (Å²) in [5.41, 5.74) is 0.777. The van der Waals surface area contributed by atoms with Gasteiger partial charge in [-0.25, -0.2) is 4.39 Å². The monoisotopic (exact) mass is 317 g/mol. The van der Waals surface area contributed by atoms with Crippen molar-refractivity contribution in [1.82, 2.24) is 5.32 Å². The summed E-state index contributed by atoms with van der Waals surface area (Å²) < 4.78 is 19.5. The highest BCUT2D eigenvalue weighted by molar-refractivity contribution is 9.10. The maximum atomic E-state index is 13.8.